The molecule has 0 saturated heterocycles. The van der Waals surface area contributed by atoms with Crippen LogP contribution in [0.1, 0.15) is 11.1 Å². The van der Waals surface area contributed by atoms with Gasteiger partial charge in [-0.15, -0.1) is 0 Å². The highest BCUT2D eigenvalue weighted by molar-refractivity contribution is 9.10. The third kappa shape index (κ3) is 3.85. The van der Waals surface area contributed by atoms with Gasteiger partial charge in [0.05, 0.1) is 10.6 Å². The Hall–Kier alpha value is -1.26. The van der Waals surface area contributed by atoms with E-state index in [4.69, 9.17) is 0 Å². The molecule has 0 fully saturated rings. The average molecular weight is 327 g/mol. The van der Waals surface area contributed by atoms with Crippen molar-refractivity contribution in [2.75, 3.05) is 0 Å². The molecule has 0 radical (unpaired) electrons. The molecule has 2 aromatic carbocycles. The minimum atomic E-state index is -0.681. The van der Waals surface area contributed by atoms with Crippen LogP contribution in [0.15, 0.2) is 46.9 Å². The molecule has 0 heterocycles. The average Bonchev–Trinajstić information content (AvgIpc) is 2.35. The third-order valence-corrected chi connectivity index (χ3v) is 3.74. The Kier molecular flexibility index (Phi) is 4.66. The summed E-state index contributed by atoms with van der Waals surface area (Å²) < 4.78 is 26.7. The first-order chi connectivity index (χ1) is 9.06. The summed E-state index contributed by atoms with van der Waals surface area (Å²) >= 11 is 3.16. The summed E-state index contributed by atoms with van der Waals surface area (Å²) in [5, 5.41) is 10.00. The molecule has 2 aromatic rings. The molecule has 1 N–H and O–H groups in total. The normalized spacial score (nSPS) is 12.4. The summed E-state index contributed by atoms with van der Waals surface area (Å²) in [6, 6.07) is 10.8. The lowest BCUT2D eigenvalue weighted by atomic mass is 10.0. The zero-order valence-electron chi connectivity index (χ0n) is 10.1. The Bertz CT molecular complexity index is 572. The largest absolute Gasteiger partial charge is 0.392 e. The van der Waals surface area contributed by atoms with Crippen molar-refractivity contribution in [3.05, 3.63) is 69.7 Å². The summed E-state index contributed by atoms with van der Waals surface area (Å²) in [6.07, 6.45) is -0.0323. The van der Waals surface area contributed by atoms with Crippen LogP contribution in [0.2, 0.25) is 0 Å². The molecule has 0 amide bonds. The molecule has 100 valence electrons. The van der Waals surface area contributed by atoms with Crippen LogP contribution in [0.4, 0.5) is 8.78 Å². The number of aliphatic hydroxyl groups excluding tert-OH is 1. The number of benzene rings is 2. The minimum Gasteiger partial charge on any atom is -0.392 e. The summed E-state index contributed by atoms with van der Waals surface area (Å²) in [4.78, 5) is 0. The molecular weight excluding hydrogens is 314 g/mol. The lowest BCUT2D eigenvalue weighted by Gasteiger charge is -2.12. The number of aliphatic hydroxyl groups is 1. The van der Waals surface area contributed by atoms with Crippen molar-refractivity contribution in [1.29, 1.82) is 0 Å². The van der Waals surface area contributed by atoms with E-state index in [-0.39, 0.29) is 11.6 Å². The predicted octanol–water partition coefficient (Wildman–Crippen LogP) is 3.87. The van der Waals surface area contributed by atoms with Gasteiger partial charge >= 0.3 is 0 Å². The first-order valence-corrected chi connectivity index (χ1v) is 6.71. The molecule has 0 spiro atoms. The fourth-order valence-electron chi connectivity index (χ4n) is 1.97. The van der Waals surface area contributed by atoms with E-state index in [0.717, 1.165) is 5.56 Å². The number of hydrogen-bond acceptors (Lipinski definition) is 1. The molecule has 0 aliphatic carbocycles. The second kappa shape index (κ2) is 6.26. The number of rotatable bonds is 4. The number of hydrogen-bond donors (Lipinski definition) is 1. The van der Waals surface area contributed by atoms with E-state index >= 15 is 0 Å². The van der Waals surface area contributed by atoms with Crippen LogP contribution in [0.5, 0.6) is 0 Å². The standard InChI is InChI=1S/C15H13BrF2O/c16-15-11(4-2-6-14(15)18)9-13(19)8-10-3-1-5-12(17)7-10/h1-7,13,19H,8-9H2. The van der Waals surface area contributed by atoms with E-state index in [9.17, 15) is 13.9 Å². The fourth-order valence-corrected chi connectivity index (χ4v) is 2.39. The van der Waals surface area contributed by atoms with Crippen molar-refractivity contribution < 1.29 is 13.9 Å². The van der Waals surface area contributed by atoms with Gasteiger partial charge in [0.25, 0.3) is 0 Å². The molecule has 0 aliphatic heterocycles. The second-order valence-corrected chi connectivity index (χ2v) is 5.20. The Morgan fingerprint density at radius 3 is 2.53 bits per heavy atom. The summed E-state index contributed by atoms with van der Waals surface area (Å²) in [7, 11) is 0. The van der Waals surface area contributed by atoms with Gasteiger partial charge < -0.3 is 5.11 Å². The fraction of sp³-hybridized carbons (Fsp3) is 0.200. The quantitative estimate of drug-likeness (QED) is 0.904. The van der Waals surface area contributed by atoms with Gasteiger partial charge in [0.1, 0.15) is 11.6 Å². The van der Waals surface area contributed by atoms with Crippen LogP contribution < -0.4 is 0 Å². The van der Waals surface area contributed by atoms with Crippen LogP contribution in [0.3, 0.4) is 0 Å². The number of halogens is 3. The highest BCUT2D eigenvalue weighted by Gasteiger charge is 2.11. The maximum Gasteiger partial charge on any atom is 0.137 e. The van der Waals surface area contributed by atoms with Gasteiger partial charge in [-0.05, 0) is 58.1 Å². The van der Waals surface area contributed by atoms with Crippen LogP contribution in [-0.4, -0.2) is 11.2 Å². The van der Waals surface area contributed by atoms with Crippen LogP contribution >= 0.6 is 15.9 Å². The second-order valence-electron chi connectivity index (χ2n) is 4.40. The molecular formula is C15H13BrF2O. The van der Waals surface area contributed by atoms with Crippen molar-refractivity contribution in [2.24, 2.45) is 0 Å². The zero-order chi connectivity index (χ0) is 13.8. The summed E-state index contributed by atoms with van der Waals surface area (Å²) in [6.45, 7) is 0. The monoisotopic (exact) mass is 326 g/mol. The van der Waals surface area contributed by atoms with Crippen molar-refractivity contribution in [2.45, 2.75) is 18.9 Å². The Morgan fingerprint density at radius 2 is 1.79 bits per heavy atom. The van der Waals surface area contributed by atoms with E-state index in [2.05, 4.69) is 15.9 Å². The molecule has 0 bridgehead atoms. The maximum absolute atomic E-state index is 13.3. The van der Waals surface area contributed by atoms with Crippen LogP contribution in [-0.2, 0) is 12.8 Å². The topological polar surface area (TPSA) is 20.2 Å². The predicted molar refractivity (Wildman–Crippen MR) is 73.9 cm³/mol. The van der Waals surface area contributed by atoms with Crippen molar-refractivity contribution in [3.63, 3.8) is 0 Å². The molecule has 1 atom stereocenters. The lowest BCUT2D eigenvalue weighted by Crippen LogP contribution is -2.14. The maximum atomic E-state index is 13.3. The summed E-state index contributed by atoms with van der Waals surface area (Å²) in [5.41, 5.74) is 1.42. The molecule has 0 aliphatic rings. The molecule has 0 aromatic heterocycles. The third-order valence-electron chi connectivity index (χ3n) is 2.85. The van der Waals surface area contributed by atoms with Gasteiger partial charge in [0.15, 0.2) is 0 Å². The van der Waals surface area contributed by atoms with Gasteiger partial charge in [-0.3, -0.25) is 0 Å². The van der Waals surface area contributed by atoms with E-state index in [1.165, 1.54) is 18.2 Å². The van der Waals surface area contributed by atoms with E-state index in [1.54, 1.807) is 24.3 Å². The van der Waals surface area contributed by atoms with Crippen molar-refractivity contribution in [3.8, 4) is 0 Å². The summed E-state index contributed by atoms with van der Waals surface area (Å²) in [5.74, 6) is -0.674. The van der Waals surface area contributed by atoms with Gasteiger partial charge in [-0.2, -0.15) is 0 Å². The first-order valence-electron chi connectivity index (χ1n) is 5.91. The molecule has 19 heavy (non-hydrogen) atoms. The first kappa shape index (κ1) is 14.2. The Balaban J connectivity index is 2.05. The molecule has 1 nitrogen and oxygen atoms in total. The molecule has 4 heteroatoms. The lowest BCUT2D eigenvalue weighted by molar-refractivity contribution is 0.175. The smallest absolute Gasteiger partial charge is 0.137 e. The van der Waals surface area contributed by atoms with Crippen LogP contribution in [0, 0.1) is 11.6 Å². The van der Waals surface area contributed by atoms with Crippen molar-refractivity contribution >= 4 is 15.9 Å². The SMILES string of the molecule is OC(Cc1cccc(F)c1)Cc1cccc(F)c1Br. The molecule has 1 unspecified atom stereocenters. The van der Waals surface area contributed by atoms with Gasteiger partial charge in [-0.25, -0.2) is 8.78 Å². The van der Waals surface area contributed by atoms with Crippen LogP contribution in [0.25, 0.3) is 0 Å². The molecule has 2 rings (SSSR count). The van der Waals surface area contributed by atoms with Gasteiger partial charge in [0, 0.05) is 0 Å². The van der Waals surface area contributed by atoms with Gasteiger partial charge in [0.2, 0.25) is 0 Å². The highest BCUT2D eigenvalue weighted by atomic mass is 79.9. The Morgan fingerprint density at radius 1 is 1.05 bits per heavy atom. The minimum absolute atomic E-state index is 0.314. The Labute approximate surface area is 119 Å². The van der Waals surface area contributed by atoms with E-state index in [0.29, 0.717) is 22.9 Å². The molecule has 0 saturated carbocycles. The van der Waals surface area contributed by atoms with E-state index < -0.39 is 6.10 Å². The zero-order valence-corrected chi connectivity index (χ0v) is 11.7. The van der Waals surface area contributed by atoms with E-state index in [1.807, 2.05) is 0 Å². The highest BCUT2D eigenvalue weighted by Crippen LogP contribution is 2.22. The van der Waals surface area contributed by atoms with Gasteiger partial charge in [-0.1, -0.05) is 24.3 Å². The van der Waals surface area contributed by atoms with Crippen molar-refractivity contribution in [1.82, 2.24) is 0 Å².